The maximum Gasteiger partial charge on any atom is 0.251 e. The van der Waals surface area contributed by atoms with Crippen molar-refractivity contribution in [2.24, 2.45) is 0 Å². The molecule has 2 heterocycles. The Bertz CT molecular complexity index is 815. The van der Waals surface area contributed by atoms with Crippen molar-refractivity contribution in [3.05, 3.63) is 41.2 Å². The van der Waals surface area contributed by atoms with E-state index in [1.807, 2.05) is 37.6 Å². The molecule has 0 saturated carbocycles. The number of aryl methyl sites for hydroxylation is 3. The minimum atomic E-state index is -0.131. The summed E-state index contributed by atoms with van der Waals surface area (Å²) >= 11 is 1.51. The van der Waals surface area contributed by atoms with Crippen molar-refractivity contribution < 1.29 is 9.59 Å². The van der Waals surface area contributed by atoms with Gasteiger partial charge in [-0.2, -0.15) is 5.10 Å². The molecule has 0 aliphatic carbocycles. The van der Waals surface area contributed by atoms with Crippen LogP contribution in [0.15, 0.2) is 29.2 Å². The van der Waals surface area contributed by atoms with Crippen LogP contribution in [0.2, 0.25) is 0 Å². The first kappa shape index (κ1) is 17.5. The fraction of sp³-hybridized carbons (Fsp3) is 0.389. The van der Waals surface area contributed by atoms with E-state index in [2.05, 4.69) is 15.7 Å². The molecule has 1 aromatic heterocycles. The first-order valence-electron chi connectivity index (χ1n) is 8.35. The Morgan fingerprint density at radius 2 is 2.16 bits per heavy atom. The molecule has 1 aliphatic rings. The van der Waals surface area contributed by atoms with Crippen molar-refractivity contribution >= 4 is 29.3 Å². The molecule has 1 aliphatic heterocycles. The van der Waals surface area contributed by atoms with Gasteiger partial charge in [-0.25, -0.2) is 0 Å². The fourth-order valence-electron chi connectivity index (χ4n) is 2.78. The lowest BCUT2D eigenvalue weighted by Gasteiger charge is -2.21. The lowest BCUT2D eigenvalue weighted by Crippen LogP contribution is -2.28. The van der Waals surface area contributed by atoms with Crippen LogP contribution in [-0.2, 0) is 11.3 Å². The topological polar surface area (TPSA) is 76.0 Å². The summed E-state index contributed by atoms with van der Waals surface area (Å²) in [6.45, 7) is 7.21. The molecule has 1 unspecified atom stereocenters. The van der Waals surface area contributed by atoms with E-state index in [0.29, 0.717) is 17.8 Å². The van der Waals surface area contributed by atoms with Crippen LogP contribution in [0.4, 0.5) is 5.69 Å². The quantitative estimate of drug-likeness (QED) is 0.806. The van der Waals surface area contributed by atoms with Gasteiger partial charge in [-0.05, 0) is 51.5 Å². The van der Waals surface area contributed by atoms with E-state index in [1.54, 1.807) is 12.1 Å². The smallest absolute Gasteiger partial charge is 0.251 e. The second-order valence-electron chi connectivity index (χ2n) is 6.22. The molecule has 3 rings (SSSR count). The minimum absolute atomic E-state index is 0.0278. The molecule has 1 aromatic carbocycles. The molecule has 132 valence electrons. The molecule has 2 N–H and O–H groups in total. The van der Waals surface area contributed by atoms with Gasteiger partial charge in [0.05, 0.1) is 16.6 Å². The van der Waals surface area contributed by atoms with E-state index in [-0.39, 0.29) is 17.1 Å². The molecule has 6 nitrogen and oxygen atoms in total. The molecule has 0 radical (unpaired) electrons. The summed E-state index contributed by atoms with van der Waals surface area (Å²) in [5.41, 5.74) is 3.40. The normalized spacial score (nSPS) is 16.3. The largest absolute Gasteiger partial charge is 0.352 e. The van der Waals surface area contributed by atoms with Crippen LogP contribution in [0.3, 0.4) is 0 Å². The van der Waals surface area contributed by atoms with Gasteiger partial charge < -0.3 is 10.6 Å². The van der Waals surface area contributed by atoms with Crippen LogP contribution in [0.5, 0.6) is 0 Å². The third-order valence-electron chi connectivity index (χ3n) is 4.11. The lowest BCUT2D eigenvalue weighted by atomic mass is 10.1. The number of benzene rings is 1. The predicted octanol–water partition coefficient (Wildman–Crippen LogP) is 2.75. The van der Waals surface area contributed by atoms with Gasteiger partial charge in [0.15, 0.2) is 0 Å². The van der Waals surface area contributed by atoms with Crippen molar-refractivity contribution in [3.63, 3.8) is 0 Å². The van der Waals surface area contributed by atoms with Crippen LogP contribution in [0, 0.1) is 13.8 Å². The molecular formula is C18H22N4O2S. The summed E-state index contributed by atoms with van der Waals surface area (Å²) in [5, 5.41) is 10.1. The fourth-order valence-corrected chi connectivity index (χ4v) is 3.71. The summed E-state index contributed by atoms with van der Waals surface area (Å²) in [4.78, 5) is 25.1. The number of rotatable bonds is 5. The molecule has 0 saturated heterocycles. The Morgan fingerprint density at radius 1 is 1.36 bits per heavy atom. The molecule has 2 amide bonds. The number of anilines is 1. The highest BCUT2D eigenvalue weighted by Gasteiger charge is 2.23. The summed E-state index contributed by atoms with van der Waals surface area (Å²) < 4.78 is 1.95. The summed E-state index contributed by atoms with van der Waals surface area (Å²) in [7, 11) is 0. The number of nitrogens with zero attached hydrogens (tertiary/aromatic N) is 2. The van der Waals surface area contributed by atoms with Crippen LogP contribution < -0.4 is 10.6 Å². The summed E-state index contributed by atoms with van der Waals surface area (Å²) in [5.74, 6) is -0.158. The maximum absolute atomic E-state index is 12.3. The average Bonchev–Trinajstić information content (AvgIpc) is 2.89. The van der Waals surface area contributed by atoms with Gasteiger partial charge in [-0.3, -0.25) is 14.3 Å². The van der Waals surface area contributed by atoms with Crippen LogP contribution in [0.1, 0.15) is 35.1 Å². The van der Waals surface area contributed by atoms with Crippen LogP contribution in [0.25, 0.3) is 0 Å². The number of hydrogen-bond acceptors (Lipinski definition) is 4. The third-order valence-corrected chi connectivity index (χ3v) is 5.29. The molecular weight excluding hydrogens is 336 g/mol. The van der Waals surface area contributed by atoms with Crippen molar-refractivity contribution in [2.75, 3.05) is 11.9 Å². The zero-order valence-electron chi connectivity index (χ0n) is 14.6. The second-order valence-corrected chi connectivity index (χ2v) is 7.60. The Morgan fingerprint density at radius 3 is 2.88 bits per heavy atom. The Hall–Kier alpha value is -2.28. The molecule has 1 atom stereocenters. The first-order valence-corrected chi connectivity index (χ1v) is 9.23. The van der Waals surface area contributed by atoms with E-state index in [4.69, 9.17) is 0 Å². The lowest BCUT2D eigenvalue weighted by molar-refractivity contribution is -0.115. The second kappa shape index (κ2) is 7.31. The van der Waals surface area contributed by atoms with Crippen LogP contribution >= 0.6 is 11.8 Å². The Balaban J connectivity index is 1.54. The van der Waals surface area contributed by atoms with Crippen molar-refractivity contribution in [3.8, 4) is 0 Å². The number of carbonyl (C=O) groups is 2. The van der Waals surface area contributed by atoms with E-state index in [0.717, 1.165) is 29.2 Å². The molecule has 0 bridgehead atoms. The van der Waals surface area contributed by atoms with Crippen molar-refractivity contribution in [1.29, 1.82) is 0 Å². The Labute approximate surface area is 151 Å². The van der Waals surface area contributed by atoms with Gasteiger partial charge in [0.2, 0.25) is 5.91 Å². The number of fused-ring (bicyclic) bond motifs is 1. The standard InChI is InChI=1S/C18H22N4O2S/c1-11-9-12(2)22(21-11)8-4-7-19-18(24)14-5-6-16-15(10-14)20-17(23)13(3)25-16/h5-6,9-10,13H,4,7-8H2,1-3H3,(H,19,24)(H,20,23). The van der Waals surface area contributed by atoms with Gasteiger partial charge in [-0.15, -0.1) is 11.8 Å². The maximum atomic E-state index is 12.3. The monoisotopic (exact) mass is 358 g/mol. The number of thioether (sulfide) groups is 1. The van der Waals surface area contributed by atoms with E-state index >= 15 is 0 Å². The summed E-state index contributed by atoms with van der Waals surface area (Å²) in [6, 6.07) is 7.47. The average molecular weight is 358 g/mol. The Kier molecular flexibility index (Phi) is 5.13. The zero-order chi connectivity index (χ0) is 18.0. The van der Waals surface area contributed by atoms with Gasteiger partial charge in [0, 0.05) is 29.2 Å². The SMILES string of the molecule is Cc1cc(C)n(CCCNC(=O)c2ccc3c(c2)NC(=O)C(C)S3)n1. The van der Waals surface area contributed by atoms with E-state index < -0.39 is 0 Å². The van der Waals surface area contributed by atoms with E-state index in [9.17, 15) is 9.59 Å². The van der Waals surface area contributed by atoms with Crippen LogP contribution in [-0.4, -0.2) is 33.4 Å². The number of carbonyl (C=O) groups excluding carboxylic acids is 2. The molecule has 7 heteroatoms. The van der Waals surface area contributed by atoms with Crippen molar-refractivity contribution in [1.82, 2.24) is 15.1 Å². The van der Waals surface area contributed by atoms with Crippen molar-refractivity contribution in [2.45, 2.75) is 43.9 Å². The molecule has 0 fully saturated rings. The highest BCUT2D eigenvalue weighted by Crippen LogP contribution is 2.35. The number of amides is 2. The third kappa shape index (κ3) is 4.04. The predicted molar refractivity (Wildman–Crippen MR) is 99.0 cm³/mol. The number of aromatic nitrogens is 2. The van der Waals surface area contributed by atoms with Gasteiger partial charge in [0.1, 0.15) is 0 Å². The zero-order valence-corrected chi connectivity index (χ0v) is 15.4. The highest BCUT2D eigenvalue weighted by molar-refractivity contribution is 8.00. The minimum Gasteiger partial charge on any atom is -0.352 e. The summed E-state index contributed by atoms with van der Waals surface area (Å²) in [6.07, 6.45) is 0.808. The van der Waals surface area contributed by atoms with Gasteiger partial charge in [-0.1, -0.05) is 0 Å². The van der Waals surface area contributed by atoms with E-state index in [1.165, 1.54) is 11.8 Å². The highest BCUT2D eigenvalue weighted by atomic mass is 32.2. The molecule has 2 aromatic rings. The first-order chi connectivity index (χ1) is 11.9. The molecule has 25 heavy (non-hydrogen) atoms. The van der Waals surface area contributed by atoms with Gasteiger partial charge >= 0.3 is 0 Å². The molecule has 0 spiro atoms. The number of hydrogen-bond donors (Lipinski definition) is 2. The number of nitrogens with one attached hydrogen (secondary N) is 2. The van der Waals surface area contributed by atoms with Gasteiger partial charge in [0.25, 0.3) is 5.91 Å².